The van der Waals surface area contributed by atoms with E-state index in [2.05, 4.69) is 28.0 Å². The molecular weight excluding hydrogens is 220 g/mol. The van der Waals surface area contributed by atoms with Crippen LogP contribution in [0.2, 0.25) is 0 Å². The predicted octanol–water partition coefficient (Wildman–Crippen LogP) is 2.85. The fourth-order valence-electron chi connectivity index (χ4n) is 1.35. The Labute approximate surface area is 99.1 Å². The summed E-state index contributed by atoms with van der Waals surface area (Å²) in [5, 5.41) is 3.10. The molecule has 1 aromatic carbocycles. The Hall–Kier alpha value is -1.23. The van der Waals surface area contributed by atoms with E-state index in [1.807, 2.05) is 25.1 Å². The quantitative estimate of drug-likeness (QED) is 0.638. The Morgan fingerprint density at radius 3 is 2.88 bits per heavy atom. The highest BCUT2D eigenvalue weighted by Crippen LogP contribution is 2.21. The molecule has 0 fully saturated rings. The van der Waals surface area contributed by atoms with Gasteiger partial charge in [0.2, 0.25) is 0 Å². The molecule has 0 saturated carbocycles. The van der Waals surface area contributed by atoms with Crippen molar-refractivity contribution in [2.45, 2.75) is 13.5 Å². The van der Waals surface area contributed by atoms with Gasteiger partial charge in [0.05, 0.1) is 18.8 Å². The molecule has 0 spiro atoms. The van der Waals surface area contributed by atoms with Crippen LogP contribution in [0.15, 0.2) is 35.7 Å². The molecule has 84 valence electrons. The molecule has 0 aliphatic rings. The van der Waals surface area contributed by atoms with Crippen LogP contribution in [0.1, 0.15) is 11.9 Å². The highest BCUT2D eigenvalue weighted by atomic mass is 32.1. The summed E-state index contributed by atoms with van der Waals surface area (Å²) in [7, 11) is 0. The Balaban J connectivity index is 2.02. The van der Waals surface area contributed by atoms with Crippen molar-refractivity contribution in [1.82, 2.24) is 10.5 Å². The average Bonchev–Trinajstić information content (AvgIpc) is 2.79. The van der Waals surface area contributed by atoms with E-state index in [0.29, 0.717) is 13.2 Å². The van der Waals surface area contributed by atoms with Gasteiger partial charge in [-0.2, -0.15) is 5.48 Å². The minimum atomic E-state index is 0.658. The van der Waals surface area contributed by atoms with Gasteiger partial charge in [-0.1, -0.05) is 30.3 Å². The number of rotatable bonds is 5. The fourth-order valence-corrected chi connectivity index (χ4v) is 2.08. The second-order valence-electron chi connectivity index (χ2n) is 3.25. The largest absolute Gasteiger partial charge is 0.302 e. The number of benzene rings is 1. The van der Waals surface area contributed by atoms with Crippen molar-refractivity contribution in [2.24, 2.45) is 0 Å². The Kier molecular flexibility index (Phi) is 4.04. The molecular formula is C12H14N2OS. The van der Waals surface area contributed by atoms with Crippen molar-refractivity contribution < 1.29 is 4.84 Å². The zero-order valence-electron chi connectivity index (χ0n) is 9.14. The second kappa shape index (κ2) is 5.75. The van der Waals surface area contributed by atoms with E-state index in [0.717, 1.165) is 16.3 Å². The van der Waals surface area contributed by atoms with Crippen LogP contribution < -0.4 is 5.48 Å². The lowest BCUT2D eigenvalue weighted by Crippen LogP contribution is -2.13. The van der Waals surface area contributed by atoms with Crippen molar-refractivity contribution in [2.75, 3.05) is 6.61 Å². The number of nitrogens with one attached hydrogen (secondary N) is 1. The first-order valence-corrected chi connectivity index (χ1v) is 6.12. The first-order valence-electron chi connectivity index (χ1n) is 5.24. The van der Waals surface area contributed by atoms with Gasteiger partial charge in [-0.3, -0.25) is 0 Å². The lowest BCUT2D eigenvalue weighted by Gasteiger charge is -1.99. The standard InChI is InChI=1S/C12H14N2OS/c1-2-15-13-8-12-14-11(9-16-12)10-6-4-3-5-7-10/h3-7,9,13H,2,8H2,1H3. The molecule has 2 aromatic rings. The summed E-state index contributed by atoms with van der Waals surface area (Å²) in [4.78, 5) is 9.60. The Morgan fingerprint density at radius 2 is 2.12 bits per heavy atom. The van der Waals surface area contributed by atoms with Crippen LogP contribution in [0, 0.1) is 0 Å². The molecule has 0 unspecified atom stereocenters. The maximum atomic E-state index is 5.07. The van der Waals surface area contributed by atoms with Gasteiger partial charge in [0.15, 0.2) is 0 Å². The van der Waals surface area contributed by atoms with Gasteiger partial charge in [0.1, 0.15) is 5.01 Å². The molecule has 16 heavy (non-hydrogen) atoms. The summed E-state index contributed by atoms with van der Waals surface area (Å²) < 4.78 is 0. The molecule has 2 rings (SSSR count). The summed E-state index contributed by atoms with van der Waals surface area (Å²) in [6, 6.07) is 10.2. The molecule has 1 heterocycles. The number of hydrogen-bond donors (Lipinski definition) is 1. The molecule has 0 radical (unpaired) electrons. The zero-order chi connectivity index (χ0) is 11.2. The average molecular weight is 234 g/mol. The number of hydrogen-bond acceptors (Lipinski definition) is 4. The van der Waals surface area contributed by atoms with Gasteiger partial charge >= 0.3 is 0 Å². The minimum Gasteiger partial charge on any atom is -0.302 e. The van der Waals surface area contributed by atoms with Crippen LogP contribution in [0.25, 0.3) is 11.3 Å². The third-order valence-electron chi connectivity index (χ3n) is 2.09. The first kappa shape index (κ1) is 11.3. The summed E-state index contributed by atoms with van der Waals surface area (Å²) in [6.45, 7) is 3.27. The summed E-state index contributed by atoms with van der Waals surface area (Å²) in [5.74, 6) is 0. The third kappa shape index (κ3) is 2.88. The van der Waals surface area contributed by atoms with E-state index < -0.39 is 0 Å². The van der Waals surface area contributed by atoms with Crippen LogP contribution in [0.4, 0.5) is 0 Å². The molecule has 0 amide bonds. The van der Waals surface area contributed by atoms with Gasteiger partial charge in [-0.05, 0) is 6.92 Å². The van der Waals surface area contributed by atoms with Crippen molar-refractivity contribution in [1.29, 1.82) is 0 Å². The van der Waals surface area contributed by atoms with Gasteiger partial charge in [0, 0.05) is 10.9 Å². The normalized spacial score (nSPS) is 10.6. The molecule has 3 nitrogen and oxygen atoms in total. The highest BCUT2D eigenvalue weighted by molar-refractivity contribution is 7.09. The van der Waals surface area contributed by atoms with Gasteiger partial charge in [0.25, 0.3) is 0 Å². The Morgan fingerprint density at radius 1 is 1.31 bits per heavy atom. The third-order valence-corrected chi connectivity index (χ3v) is 2.94. The van der Waals surface area contributed by atoms with Gasteiger partial charge < -0.3 is 4.84 Å². The van der Waals surface area contributed by atoms with E-state index in [1.54, 1.807) is 11.3 Å². The lowest BCUT2D eigenvalue weighted by molar-refractivity contribution is 0.0463. The van der Waals surface area contributed by atoms with Crippen LogP contribution in [-0.2, 0) is 11.4 Å². The topological polar surface area (TPSA) is 34.1 Å². The zero-order valence-corrected chi connectivity index (χ0v) is 9.96. The monoisotopic (exact) mass is 234 g/mol. The molecule has 1 N–H and O–H groups in total. The molecule has 4 heteroatoms. The number of hydroxylamine groups is 1. The van der Waals surface area contributed by atoms with Gasteiger partial charge in [-0.15, -0.1) is 11.3 Å². The Bertz CT molecular complexity index is 428. The number of aromatic nitrogens is 1. The summed E-state index contributed by atoms with van der Waals surface area (Å²) in [5.41, 5.74) is 5.04. The fraction of sp³-hybridized carbons (Fsp3) is 0.250. The number of thiazole rings is 1. The van der Waals surface area contributed by atoms with Crippen LogP contribution >= 0.6 is 11.3 Å². The molecule has 1 aromatic heterocycles. The van der Waals surface area contributed by atoms with Crippen LogP contribution in [0.5, 0.6) is 0 Å². The van der Waals surface area contributed by atoms with Crippen molar-refractivity contribution >= 4 is 11.3 Å². The van der Waals surface area contributed by atoms with Crippen molar-refractivity contribution in [3.8, 4) is 11.3 Å². The van der Waals surface area contributed by atoms with Crippen LogP contribution in [-0.4, -0.2) is 11.6 Å². The van der Waals surface area contributed by atoms with E-state index in [-0.39, 0.29) is 0 Å². The van der Waals surface area contributed by atoms with E-state index in [1.165, 1.54) is 0 Å². The predicted molar refractivity (Wildman–Crippen MR) is 66.0 cm³/mol. The van der Waals surface area contributed by atoms with E-state index >= 15 is 0 Å². The lowest BCUT2D eigenvalue weighted by atomic mass is 10.2. The van der Waals surface area contributed by atoms with E-state index in [9.17, 15) is 0 Å². The maximum Gasteiger partial charge on any atom is 0.109 e. The molecule has 0 aliphatic carbocycles. The molecule has 0 saturated heterocycles. The second-order valence-corrected chi connectivity index (χ2v) is 4.19. The SMILES string of the molecule is CCONCc1nc(-c2ccccc2)cs1. The molecule has 0 bridgehead atoms. The summed E-state index contributed by atoms with van der Waals surface area (Å²) >= 11 is 1.64. The smallest absolute Gasteiger partial charge is 0.109 e. The summed E-state index contributed by atoms with van der Waals surface area (Å²) in [6.07, 6.45) is 0. The van der Waals surface area contributed by atoms with Gasteiger partial charge in [-0.25, -0.2) is 4.98 Å². The van der Waals surface area contributed by atoms with Crippen LogP contribution in [0.3, 0.4) is 0 Å². The molecule has 0 atom stereocenters. The van der Waals surface area contributed by atoms with Crippen molar-refractivity contribution in [3.05, 3.63) is 40.7 Å². The molecule has 0 aliphatic heterocycles. The number of nitrogens with zero attached hydrogens (tertiary/aromatic N) is 1. The van der Waals surface area contributed by atoms with Crippen molar-refractivity contribution in [3.63, 3.8) is 0 Å². The van der Waals surface area contributed by atoms with E-state index in [4.69, 9.17) is 4.84 Å². The first-order chi connectivity index (χ1) is 7.90. The highest BCUT2D eigenvalue weighted by Gasteiger charge is 2.03. The minimum absolute atomic E-state index is 0.658. The maximum absolute atomic E-state index is 5.07.